The second-order valence-corrected chi connectivity index (χ2v) is 4.22. The summed E-state index contributed by atoms with van der Waals surface area (Å²) in [5, 5.41) is 27.0. The highest BCUT2D eigenvalue weighted by Crippen LogP contribution is 2.25. The van der Waals surface area contributed by atoms with Crippen molar-refractivity contribution in [3.8, 4) is 11.5 Å². The van der Waals surface area contributed by atoms with Gasteiger partial charge < -0.3 is 26.0 Å². The molecule has 19 heavy (non-hydrogen) atoms. The van der Waals surface area contributed by atoms with Crippen LogP contribution in [0.4, 0.5) is 0 Å². The number of nitrogens with zero attached hydrogens (tertiary/aromatic N) is 1. The van der Waals surface area contributed by atoms with Gasteiger partial charge >= 0.3 is 5.97 Å². The number of aliphatic carboxylic acids is 1. The molecule has 1 atom stereocenters. The SMILES string of the molecule is CN(CC(=O)O)C(=O)[C@@H](N)Cc1ccc(O)c(O)c1. The van der Waals surface area contributed by atoms with E-state index >= 15 is 0 Å². The molecule has 5 N–H and O–H groups in total. The summed E-state index contributed by atoms with van der Waals surface area (Å²) in [6.07, 6.45) is 0.136. The summed E-state index contributed by atoms with van der Waals surface area (Å²) in [7, 11) is 1.35. The summed E-state index contributed by atoms with van der Waals surface area (Å²) in [6.45, 7) is -0.423. The van der Waals surface area contributed by atoms with Crippen molar-refractivity contribution in [2.45, 2.75) is 12.5 Å². The number of phenolic OH excluding ortho intramolecular Hbond substituents is 2. The summed E-state index contributed by atoms with van der Waals surface area (Å²) in [6, 6.07) is 3.22. The zero-order valence-corrected chi connectivity index (χ0v) is 10.4. The van der Waals surface area contributed by atoms with Crippen molar-refractivity contribution in [1.29, 1.82) is 0 Å². The molecular weight excluding hydrogens is 252 g/mol. The monoisotopic (exact) mass is 268 g/mol. The number of amides is 1. The number of carboxylic acids is 1. The lowest BCUT2D eigenvalue weighted by Crippen LogP contribution is -2.44. The Morgan fingerprint density at radius 1 is 1.32 bits per heavy atom. The Morgan fingerprint density at radius 3 is 2.47 bits per heavy atom. The first-order chi connectivity index (χ1) is 8.81. The molecule has 0 fully saturated rings. The highest BCUT2D eigenvalue weighted by molar-refractivity contribution is 5.85. The van der Waals surface area contributed by atoms with Gasteiger partial charge in [-0.05, 0) is 24.1 Å². The molecule has 7 nitrogen and oxygen atoms in total. The second-order valence-electron chi connectivity index (χ2n) is 4.22. The third-order valence-electron chi connectivity index (χ3n) is 2.56. The van der Waals surface area contributed by atoms with Gasteiger partial charge in [0.25, 0.3) is 0 Å². The minimum atomic E-state index is -1.12. The molecule has 1 aromatic carbocycles. The van der Waals surface area contributed by atoms with Crippen molar-refractivity contribution in [2.75, 3.05) is 13.6 Å². The van der Waals surface area contributed by atoms with Crippen LogP contribution in [0.3, 0.4) is 0 Å². The largest absolute Gasteiger partial charge is 0.504 e. The van der Waals surface area contributed by atoms with Crippen molar-refractivity contribution >= 4 is 11.9 Å². The number of hydrogen-bond donors (Lipinski definition) is 4. The predicted molar refractivity (Wildman–Crippen MR) is 66.7 cm³/mol. The lowest BCUT2D eigenvalue weighted by molar-refractivity contribution is -0.143. The minimum Gasteiger partial charge on any atom is -0.504 e. The topological polar surface area (TPSA) is 124 Å². The molecule has 0 saturated carbocycles. The van der Waals surface area contributed by atoms with Crippen LogP contribution < -0.4 is 5.73 Å². The number of carbonyl (C=O) groups is 2. The zero-order chi connectivity index (χ0) is 14.6. The van der Waals surface area contributed by atoms with Gasteiger partial charge in [0, 0.05) is 7.05 Å². The van der Waals surface area contributed by atoms with E-state index in [1.807, 2.05) is 0 Å². The quantitative estimate of drug-likeness (QED) is 0.534. The lowest BCUT2D eigenvalue weighted by Gasteiger charge is -2.19. The van der Waals surface area contributed by atoms with Crippen molar-refractivity contribution < 1.29 is 24.9 Å². The van der Waals surface area contributed by atoms with E-state index in [-0.39, 0.29) is 17.9 Å². The fraction of sp³-hybridized carbons (Fsp3) is 0.333. The number of rotatable bonds is 5. The van der Waals surface area contributed by atoms with Crippen LogP contribution in [0.2, 0.25) is 0 Å². The van der Waals surface area contributed by atoms with E-state index in [1.54, 1.807) is 0 Å². The summed E-state index contributed by atoms with van der Waals surface area (Å²) in [5.74, 6) is -2.18. The van der Waals surface area contributed by atoms with Crippen molar-refractivity contribution in [2.24, 2.45) is 5.73 Å². The maximum Gasteiger partial charge on any atom is 0.323 e. The molecule has 0 aliphatic heterocycles. The molecule has 0 heterocycles. The molecular formula is C12H16N2O5. The average molecular weight is 268 g/mol. The summed E-state index contributed by atoms with van der Waals surface area (Å²) >= 11 is 0. The molecule has 0 saturated heterocycles. The first-order valence-corrected chi connectivity index (χ1v) is 5.54. The Labute approximate surface area is 109 Å². The molecule has 0 aliphatic rings. The van der Waals surface area contributed by atoms with E-state index in [1.165, 1.54) is 25.2 Å². The molecule has 0 spiro atoms. The highest BCUT2D eigenvalue weighted by atomic mass is 16.4. The van der Waals surface area contributed by atoms with Crippen LogP contribution in [0.5, 0.6) is 11.5 Å². The summed E-state index contributed by atoms with van der Waals surface area (Å²) < 4.78 is 0. The summed E-state index contributed by atoms with van der Waals surface area (Å²) in [5.41, 5.74) is 6.26. The molecule has 1 amide bonds. The Morgan fingerprint density at radius 2 is 1.95 bits per heavy atom. The third kappa shape index (κ3) is 4.14. The molecule has 1 rings (SSSR count). The third-order valence-corrected chi connectivity index (χ3v) is 2.56. The number of phenols is 2. The van der Waals surface area contributed by atoms with E-state index in [9.17, 15) is 14.7 Å². The standard InChI is InChI=1S/C12H16N2O5/c1-14(6-11(17)18)12(19)8(13)4-7-2-3-9(15)10(16)5-7/h2-3,5,8,15-16H,4,6,13H2,1H3,(H,17,18)/t8-/m0/s1. The molecule has 0 aliphatic carbocycles. The van der Waals surface area contributed by atoms with E-state index in [0.717, 1.165) is 4.90 Å². The number of hydrogen-bond acceptors (Lipinski definition) is 5. The number of carbonyl (C=O) groups excluding carboxylic acids is 1. The molecule has 0 aromatic heterocycles. The maximum atomic E-state index is 11.8. The van der Waals surface area contributed by atoms with Crippen LogP contribution in [0.15, 0.2) is 18.2 Å². The van der Waals surface area contributed by atoms with Crippen LogP contribution in [0, 0.1) is 0 Å². The van der Waals surface area contributed by atoms with E-state index in [2.05, 4.69) is 0 Å². The van der Waals surface area contributed by atoms with Crippen LogP contribution in [0.1, 0.15) is 5.56 Å². The predicted octanol–water partition coefficient (Wildman–Crippen LogP) is -0.489. The molecule has 0 bridgehead atoms. The van der Waals surface area contributed by atoms with Crippen LogP contribution in [0.25, 0.3) is 0 Å². The number of nitrogens with two attached hydrogens (primary N) is 1. The van der Waals surface area contributed by atoms with Gasteiger partial charge in [-0.25, -0.2) is 0 Å². The molecule has 0 unspecified atom stereocenters. The van der Waals surface area contributed by atoms with Gasteiger partial charge in [-0.1, -0.05) is 6.07 Å². The van der Waals surface area contributed by atoms with Gasteiger partial charge in [-0.15, -0.1) is 0 Å². The Kier molecular flexibility index (Phi) is 4.71. The highest BCUT2D eigenvalue weighted by Gasteiger charge is 2.20. The lowest BCUT2D eigenvalue weighted by atomic mass is 10.0. The van der Waals surface area contributed by atoms with Gasteiger partial charge in [-0.2, -0.15) is 0 Å². The van der Waals surface area contributed by atoms with Crippen molar-refractivity contribution in [1.82, 2.24) is 4.90 Å². The number of aromatic hydroxyl groups is 2. The van der Waals surface area contributed by atoms with Gasteiger partial charge in [0.05, 0.1) is 6.04 Å². The first-order valence-electron chi connectivity index (χ1n) is 5.54. The molecule has 7 heteroatoms. The minimum absolute atomic E-state index is 0.136. The van der Waals surface area contributed by atoms with Crippen LogP contribution in [-0.4, -0.2) is 51.7 Å². The van der Waals surface area contributed by atoms with Crippen molar-refractivity contribution in [3.05, 3.63) is 23.8 Å². The van der Waals surface area contributed by atoms with Gasteiger partial charge in [0.1, 0.15) is 6.54 Å². The van der Waals surface area contributed by atoms with Crippen molar-refractivity contribution in [3.63, 3.8) is 0 Å². The van der Waals surface area contributed by atoms with E-state index in [0.29, 0.717) is 5.56 Å². The van der Waals surface area contributed by atoms with Crippen LogP contribution in [-0.2, 0) is 16.0 Å². The van der Waals surface area contributed by atoms with Gasteiger partial charge in [0.15, 0.2) is 11.5 Å². The number of carboxylic acid groups (broad SMARTS) is 1. The van der Waals surface area contributed by atoms with E-state index in [4.69, 9.17) is 15.9 Å². The Hall–Kier alpha value is -2.28. The molecule has 104 valence electrons. The fourth-order valence-corrected chi connectivity index (χ4v) is 1.60. The normalized spacial score (nSPS) is 11.9. The number of benzene rings is 1. The average Bonchev–Trinajstić information content (AvgIpc) is 2.32. The smallest absolute Gasteiger partial charge is 0.323 e. The second kappa shape index (κ2) is 6.05. The van der Waals surface area contributed by atoms with E-state index < -0.39 is 24.5 Å². The molecule has 1 aromatic rings. The van der Waals surface area contributed by atoms with Crippen LogP contribution >= 0.6 is 0 Å². The van der Waals surface area contributed by atoms with Gasteiger partial charge in [0.2, 0.25) is 5.91 Å². The maximum absolute atomic E-state index is 11.8. The Bertz CT molecular complexity index is 489. The Balaban J connectivity index is 2.68. The fourth-order valence-electron chi connectivity index (χ4n) is 1.60. The van der Waals surface area contributed by atoms with Gasteiger partial charge in [-0.3, -0.25) is 9.59 Å². The number of likely N-dealkylation sites (N-methyl/N-ethyl adjacent to an activating group) is 1. The molecule has 0 radical (unpaired) electrons. The zero-order valence-electron chi connectivity index (χ0n) is 10.4. The first kappa shape index (κ1) is 14.8. The summed E-state index contributed by atoms with van der Waals surface area (Å²) in [4.78, 5) is 23.3.